The molecule has 0 heterocycles. The summed E-state index contributed by atoms with van der Waals surface area (Å²) in [6, 6.07) is 8.58. The highest BCUT2D eigenvalue weighted by atomic mass is 16.5. The standard InChI is InChI=1S/C15H21NO4/c1-14(2,3)20-10-12(17)16-15(4,13(18)19)11-8-6-5-7-9-11/h5-9H,10H2,1-4H3,(H,16,17)(H,18,19). The predicted molar refractivity (Wildman–Crippen MR) is 75.3 cm³/mol. The molecule has 1 unspecified atom stereocenters. The second-order valence-electron chi connectivity index (χ2n) is 5.75. The first-order valence-electron chi connectivity index (χ1n) is 6.39. The molecule has 1 atom stereocenters. The van der Waals surface area contributed by atoms with Gasteiger partial charge in [-0.2, -0.15) is 0 Å². The van der Waals surface area contributed by atoms with Crippen molar-refractivity contribution in [3.63, 3.8) is 0 Å². The van der Waals surface area contributed by atoms with Crippen molar-refractivity contribution in [3.05, 3.63) is 35.9 Å². The molecule has 1 amide bonds. The lowest BCUT2D eigenvalue weighted by Gasteiger charge is -2.27. The van der Waals surface area contributed by atoms with Crippen LogP contribution in [-0.4, -0.2) is 29.2 Å². The molecule has 110 valence electrons. The van der Waals surface area contributed by atoms with Crippen molar-refractivity contribution in [2.45, 2.75) is 38.8 Å². The average Bonchev–Trinajstić information content (AvgIpc) is 2.36. The average molecular weight is 279 g/mol. The molecule has 5 heteroatoms. The van der Waals surface area contributed by atoms with Crippen molar-refractivity contribution >= 4 is 11.9 Å². The van der Waals surface area contributed by atoms with E-state index in [0.717, 1.165) is 0 Å². The van der Waals surface area contributed by atoms with Crippen molar-refractivity contribution in [3.8, 4) is 0 Å². The SMILES string of the molecule is CC(C)(C)OCC(=O)NC(C)(C(=O)O)c1ccccc1. The second-order valence-corrected chi connectivity index (χ2v) is 5.75. The lowest BCUT2D eigenvalue weighted by molar-refractivity contribution is -0.149. The molecule has 5 nitrogen and oxygen atoms in total. The van der Waals surface area contributed by atoms with Crippen LogP contribution in [0.2, 0.25) is 0 Å². The van der Waals surface area contributed by atoms with Crippen LogP contribution in [0.5, 0.6) is 0 Å². The van der Waals surface area contributed by atoms with Gasteiger partial charge in [0.15, 0.2) is 5.54 Å². The number of rotatable bonds is 5. The minimum atomic E-state index is -1.47. The molecule has 0 bridgehead atoms. The molecule has 0 saturated carbocycles. The molecule has 1 aromatic rings. The Bertz CT molecular complexity index is 478. The molecular formula is C15H21NO4. The van der Waals surface area contributed by atoms with E-state index in [1.165, 1.54) is 6.92 Å². The lowest BCUT2D eigenvalue weighted by Crippen LogP contribution is -2.51. The van der Waals surface area contributed by atoms with Gasteiger partial charge in [0.25, 0.3) is 0 Å². The van der Waals surface area contributed by atoms with Gasteiger partial charge in [0.2, 0.25) is 5.91 Å². The van der Waals surface area contributed by atoms with E-state index in [9.17, 15) is 14.7 Å². The summed E-state index contributed by atoms with van der Waals surface area (Å²) in [6.45, 7) is 6.76. The van der Waals surface area contributed by atoms with E-state index in [1.54, 1.807) is 30.3 Å². The number of carboxylic acids is 1. The number of benzene rings is 1. The monoisotopic (exact) mass is 279 g/mol. The molecule has 0 aliphatic heterocycles. The topological polar surface area (TPSA) is 75.6 Å². The van der Waals surface area contributed by atoms with Gasteiger partial charge in [0, 0.05) is 0 Å². The lowest BCUT2D eigenvalue weighted by atomic mass is 9.92. The number of aliphatic carboxylic acids is 1. The number of carbonyl (C=O) groups is 2. The Labute approximate surface area is 118 Å². The van der Waals surface area contributed by atoms with E-state index in [1.807, 2.05) is 20.8 Å². The number of amides is 1. The molecular weight excluding hydrogens is 258 g/mol. The van der Waals surface area contributed by atoms with Crippen LogP contribution in [0.1, 0.15) is 33.3 Å². The van der Waals surface area contributed by atoms with Gasteiger partial charge in [-0.1, -0.05) is 30.3 Å². The Morgan fingerprint density at radius 3 is 2.15 bits per heavy atom. The van der Waals surface area contributed by atoms with Crippen LogP contribution in [0.25, 0.3) is 0 Å². The molecule has 2 N–H and O–H groups in total. The summed E-state index contributed by atoms with van der Waals surface area (Å²) in [4.78, 5) is 23.4. The van der Waals surface area contributed by atoms with Crippen LogP contribution < -0.4 is 5.32 Å². The highest BCUT2D eigenvalue weighted by Gasteiger charge is 2.36. The van der Waals surface area contributed by atoms with Crippen LogP contribution in [-0.2, 0) is 19.9 Å². The van der Waals surface area contributed by atoms with Crippen LogP contribution in [0.3, 0.4) is 0 Å². The summed E-state index contributed by atoms with van der Waals surface area (Å²) < 4.78 is 5.35. The molecule has 0 spiro atoms. The molecule has 0 fully saturated rings. The highest BCUT2D eigenvalue weighted by molar-refractivity contribution is 5.88. The number of carbonyl (C=O) groups excluding carboxylic acids is 1. The van der Waals surface area contributed by atoms with Crippen LogP contribution >= 0.6 is 0 Å². The zero-order chi connectivity index (χ0) is 15.4. The molecule has 0 aliphatic rings. The summed E-state index contributed by atoms with van der Waals surface area (Å²) in [6.07, 6.45) is 0. The quantitative estimate of drug-likeness (QED) is 0.863. The maximum absolute atomic E-state index is 11.9. The molecule has 20 heavy (non-hydrogen) atoms. The predicted octanol–water partition coefficient (Wildman–Crippen LogP) is 1.92. The summed E-state index contributed by atoms with van der Waals surface area (Å²) in [7, 11) is 0. The Morgan fingerprint density at radius 2 is 1.70 bits per heavy atom. The van der Waals surface area contributed by atoms with Crippen molar-refractivity contribution in [1.29, 1.82) is 0 Å². The van der Waals surface area contributed by atoms with Crippen LogP contribution in [0.4, 0.5) is 0 Å². The van der Waals surface area contributed by atoms with Crippen molar-refractivity contribution < 1.29 is 19.4 Å². The summed E-state index contributed by atoms with van der Waals surface area (Å²) in [5, 5.41) is 11.9. The van der Waals surface area contributed by atoms with Gasteiger partial charge in [-0.15, -0.1) is 0 Å². The molecule has 0 aromatic heterocycles. The van der Waals surface area contributed by atoms with Gasteiger partial charge >= 0.3 is 5.97 Å². The van der Waals surface area contributed by atoms with Crippen molar-refractivity contribution in [1.82, 2.24) is 5.32 Å². The Morgan fingerprint density at radius 1 is 1.15 bits per heavy atom. The maximum atomic E-state index is 11.9. The zero-order valence-electron chi connectivity index (χ0n) is 12.3. The summed E-state index contributed by atoms with van der Waals surface area (Å²) in [5.41, 5.74) is -1.42. The second kappa shape index (κ2) is 6.05. The fourth-order valence-electron chi connectivity index (χ4n) is 1.62. The van der Waals surface area contributed by atoms with E-state index in [2.05, 4.69) is 5.32 Å². The highest BCUT2D eigenvalue weighted by Crippen LogP contribution is 2.21. The summed E-state index contributed by atoms with van der Waals surface area (Å²) in [5.74, 6) is -1.58. The van der Waals surface area contributed by atoms with Gasteiger partial charge < -0.3 is 15.2 Å². The number of nitrogens with one attached hydrogen (secondary N) is 1. The third kappa shape index (κ3) is 4.35. The Balaban J connectivity index is 2.83. The fourth-order valence-corrected chi connectivity index (χ4v) is 1.62. The van der Waals surface area contributed by atoms with Crippen molar-refractivity contribution in [2.75, 3.05) is 6.61 Å². The molecule has 1 aromatic carbocycles. The molecule has 0 aliphatic carbocycles. The zero-order valence-corrected chi connectivity index (χ0v) is 12.3. The third-order valence-corrected chi connectivity index (χ3v) is 2.80. The molecule has 0 saturated heterocycles. The summed E-state index contributed by atoms with van der Waals surface area (Å²) >= 11 is 0. The number of ether oxygens (including phenoxy) is 1. The van der Waals surface area contributed by atoms with Crippen LogP contribution in [0, 0.1) is 0 Å². The smallest absolute Gasteiger partial charge is 0.333 e. The van der Waals surface area contributed by atoms with E-state index in [4.69, 9.17) is 4.74 Å². The van der Waals surface area contributed by atoms with Crippen molar-refractivity contribution in [2.24, 2.45) is 0 Å². The third-order valence-electron chi connectivity index (χ3n) is 2.80. The van der Waals surface area contributed by atoms with Gasteiger partial charge in [0.05, 0.1) is 5.60 Å². The number of hydrogen-bond acceptors (Lipinski definition) is 3. The molecule has 0 radical (unpaired) electrons. The van der Waals surface area contributed by atoms with E-state index in [0.29, 0.717) is 5.56 Å². The molecule has 1 rings (SSSR count). The normalized spacial score (nSPS) is 14.4. The maximum Gasteiger partial charge on any atom is 0.333 e. The van der Waals surface area contributed by atoms with Gasteiger partial charge in [-0.25, -0.2) is 4.79 Å². The fraction of sp³-hybridized carbons (Fsp3) is 0.467. The number of hydrogen-bond donors (Lipinski definition) is 2. The Kier molecular flexibility index (Phi) is 4.89. The van der Waals surface area contributed by atoms with E-state index >= 15 is 0 Å². The van der Waals surface area contributed by atoms with Gasteiger partial charge in [0.1, 0.15) is 6.61 Å². The van der Waals surface area contributed by atoms with Gasteiger partial charge in [-0.05, 0) is 33.3 Å². The minimum Gasteiger partial charge on any atom is -0.479 e. The Hall–Kier alpha value is -1.88. The van der Waals surface area contributed by atoms with Crippen LogP contribution in [0.15, 0.2) is 30.3 Å². The van der Waals surface area contributed by atoms with E-state index in [-0.39, 0.29) is 6.61 Å². The number of carboxylic acid groups (broad SMARTS) is 1. The van der Waals surface area contributed by atoms with Gasteiger partial charge in [-0.3, -0.25) is 4.79 Å². The minimum absolute atomic E-state index is 0.181. The van der Waals surface area contributed by atoms with E-state index < -0.39 is 23.0 Å². The largest absolute Gasteiger partial charge is 0.479 e. The first-order valence-corrected chi connectivity index (χ1v) is 6.39. The first kappa shape index (κ1) is 16.2. The first-order chi connectivity index (χ1) is 9.15.